The molecule has 2 atom stereocenters. The van der Waals surface area contributed by atoms with Crippen molar-refractivity contribution < 1.29 is 0 Å². The summed E-state index contributed by atoms with van der Waals surface area (Å²) in [6.45, 7) is 20.7. The first-order valence-electron chi connectivity index (χ1n) is 30.8. The lowest BCUT2D eigenvalue weighted by Gasteiger charge is -2.44. The van der Waals surface area contributed by atoms with Crippen LogP contribution in [-0.2, 0) is 10.8 Å². The lowest BCUT2D eigenvalue weighted by molar-refractivity contribution is 0.331. The molecule has 1 fully saturated rings. The third-order valence-electron chi connectivity index (χ3n) is 19.5. The van der Waals surface area contributed by atoms with Gasteiger partial charge in [-0.1, -0.05) is 226 Å². The van der Waals surface area contributed by atoms with Gasteiger partial charge in [-0.05, 0) is 210 Å². The van der Waals surface area contributed by atoms with Gasteiger partial charge in [0.25, 0.3) is 0 Å². The van der Waals surface area contributed by atoms with Gasteiger partial charge >= 0.3 is 0 Å². The molecule has 84 heavy (non-hydrogen) atoms. The fourth-order valence-corrected chi connectivity index (χ4v) is 15.4. The second-order valence-electron chi connectivity index (χ2n) is 26.1. The lowest BCUT2D eigenvalue weighted by Crippen LogP contribution is -2.35. The van der Waals surface area contributed by atoms with E-state index in [2.05, 4.69) is 297 Å². The molecule has 0 aliphatic heterocycles. The zero-order valence-corrected chi connectivity index (χ0v) is 50.4. The van der Waals surface area contributed by atoms with E-state index in [0.29, 0.717) is 5.92 Å². The van der Waals surface area contributed by atoms with Crippen LogP contribution >= 0.6 is 0 Å². The van der Waals surface area contributed by atoms with Crippen LogP contribution in [0.25, 0.3) is 65.3 Å². The van der Waals surface area contributed by atoms with Crippen molar-refractivity contribution in [3.8, 4) is 22.3 Å². The molecule has 2 nitrogen and oxygen atoms in total. The highest BCUT2D eigenvalue weighted by molar-refractivity contribution is 6.24. The van der Waals surface area contributed by atoms with E-state index in [1.807, 2.05) is 0 Å². The van der Waals surface area contributed by atoms with Crippen LogP contribution in [0.2, 0.25) is 0 Å². The fourth-order valence-electron chi connectivity index (χ4n) is 15.4. The highest BCUT2D eigenvalue weighted by Gasteiger charge is 2.41. The Kier molecular flexibility index (Phi) is 13.2. The van der Waals surface area contributed by atoms with Gasteiger partial charge in [0.1, 0.15) is 0 Å². The number of nitrogens with zero attached hydrogens (tertiary/aromatic N) is 2. The molecule has 12 aromatic carbocycles. The predicted octanol–water partition coefficient (Wildman–Crippen LogP) is 23.5. The van der Waals surface area contributed by atoms with Crippen LogP contribution in [0, 0.1) is 34.6 Å². The highest BCUT2D eigenvalue weighted by Crippen LogP contribution is 2.59. The number of anilines is 6. The van der Waals surface area contributed by atoms with Gasteiger partial charge in [0.2, 0.25) is 0 Å². The summed E-state index contributed by atoms with van der Waals surface area (Å²) in [5.41, 5.74) is 25.8. The van der Waals surface area contributed by atoms with Crippen LogP contribution in [0.4, 0.5) is 34.1 Å². The van der Waals surface area contributed by atoms with E-state index in [-0.39, 0.29) is 10.8 Å². The minimum absolute atomic E-state index is 0.0862. The average molecular weight is 1090 g/mol. The first-order chi connectivity index (χ1) is 40.7. The van der Waals surface area contributed by atoms with E-state index in [0.717, 1.165) is 17.3 Å². The van der Waals surface area contributed by atoms with Gasteiger partial charge in [-0.15, -0.1) is 0 Å². The van der Waals surface area contributed by atoms with Gasteiger partial charge < -0.3 is 9.80 Å². The summed E-state index contributed by atoms with van der Waals surface area (Å²) in [6.07, 6.45) is 6.40. The molecule has 15 rings (SSSR count). The third kappa shape index (κ3) is 9.00. The molecular weight excluding hydrogens is 1010 g/mol. The summed E-state index contributed by atoms with van der Waals surface area (Å²) >= 11 is 0. The van der Waals surface area contributed by atoms with Crippen molar-refractivity contribution in [1.82, 2.24) is 0 Å². The minimum atomic E-state index is 0.0862. The lowest BCUT2D eigenvalue weighted by atomic mass is 9.60. The quantitative estimate of drug-likeness (QED) is 0.140. The van der Waals surface area contributed by atoms with Crippen LogP contribution in [0.1, 0.15) is 122 Å². The van der Waals surface area contributed by atoms with Crippen molar-refractivity contribution >= 4 is 77.2 Å². The Balaban J connectivity index is 0.000000150. The van der Waals surface area contributed by atoms with Crippen molar-refractivity contribution in [2.75, 3.05) is 9.80 Å². The molecule has 0 radical (unpaired) electrons. The fraction of sp³-hybridized carbons (Fsp3) is 0.220. The van der Waals surface area contributed by atoms with Crippen molar-refractivity contribution in [3.63, 3.8) is 0 Å². The summed E-state index contributed by atoms with van der Waals surface area (Å²) in [7, 11) is 0. The molecule has 3 aliphatic carbocycles. The van der Waals surface area contributed by atoms with Crippen LogP contribution in [-0.4, -0.2) is 0 Å². The molecule has 0 amide bonds. The summed E-state index contributed by atoms with van der Waals surface area (Å²) in [5.74, 6) is 1.44. The van der Waals surface area contributed by atoms with Crippen LogP contribution in [0.15, 0.2) is 224 Å². The van der Waals surface area contributed by atoms with E-state index < -0.39 is 0 Å². The van der Waals surface area contributed by atoms with Gasteiger partial charge in [-0.2, -0.15) is 0 Å². The Hall–Kier alpha value is -8.72. The third-order valence-corrected chi connectivity index (χ3v) is 19.5. The normalized spacial score (nSPS) is 16.3. The van der Waals surface area contributed by atoms with Crippen molar-refractivity contribution in [3.05, 3.63) is 275 Å². The molecule has 414 valence electrons. The topological polar surface area (TPSA) is 6.48 Å². The number of aryl methyl sites for hydroxylation is 5. The van der Waals surface area contributed by atoms with Gasteiger partial charge in [0.05, 0.1) is 11.4 Å². The molecule has 2 heteroatoms. The molecular formula is C82H76N2. The molecule has 12 aromatic rings. The SMILES string of the molecule is Cc1ccc(N(c2ccc(C)cc2)c2c3ccccc3c(-c3ccc(C)c4c3C(C)(C)CCC4(C)C)c3ccccc23)cc1.Cc1ccc(N(c2ccc(C)cc2)c2c3ccccc3c(-c3cccc4c3C3CCC4C3)c3ccccc23)cc1. The second-order valence-corrected chi connectivity index (χ2v) is 26.1. The Labute approximate surface area is 498 Å². The molecule has 3 aliphatic rings. The van der Waals surface area contributed by atoms with E-state index in [1.54, 1.807) is 16.7 Å². The molecule has 2 unspecified atom stereocenters. The number of benzene rings is 12. The number of rotatable bonds is 8. The molecule has 0 spiro atoms. The first-order valence-corrected chi connectivity index (χ1v) is 30.8. The van der Waals surface area contributed by atoms with Crippen LogP contribution in [0.3, 0.4) is 0 Å². The molecule has 0 aromatic heterocycles. The van der Waals surface area contributed by atoms with Crippen LogP contribution < -0.4 is 9.80 Å². The summed E-state index contributed by atoms with van der Waals surface area (Å²) in [4.78, 5) is 4.93. The number of hydrogen-bond acceptors (Lipinski definition) is 2. The Morgan fingerprint density at radius 3 is 1.06 bits per heavy atom. The van der Waals surface area contributed by atoms with Crippen molar-refractivity contribution in [1.29, 1.82) is 0 Å². The molecule has 1 saturated carbocycles. The van der Waals surface area contributed by atoms with Crippen molar-refractivity contribution in [2.24, 2.45) is 0 Å². The van der Waals surface area contributed by atoms with Gasteiger partial charge in [-0.25, -0.2) is 0 Å². The summed E-state index contributed by atoms with van der Waals surface area (Å²) in [5, 5.41) is 10.4. The second kappa shape index (κ2) is 20.9. The summed E-state index contributed by atoms with van der Waals surface area (Å²) in [6, 6.07) is 84.0. The minimum Gasteiger partial charge on any atom is -0.309 e. The highest BCUT2D eigenvalue weighted by atomic mass is 15.2. The standard InChI is InChI=1S/C43H43N.C39H33N/c1-28-16-21-31(22-17-28)44(32-23-18-29(2)19-24-32)41-35-14-10-8-12-33(35)38(34-13-9-11-15-36(34)41)37-25-20-30(3)39-40(37)43(6,7)27-26-42(39,4)5;1-25-14-20-29(21-15-25)40(30-22-16-26(2)17-23-30)39-34-10-5-3-8-32(34)38(33-9-4-6-11-35(33)39)36-13-7-12-31-27-18-19-28(24-27)37(31)36/h8-25H,26-27H2,1-7H3;3-17,20-23,27-28H,18-19,24H2,1-2H3. The van der Waals surface area contributed by atoms with E-state index >= 15 is 0 Å². The predicted molar refractivity (Wildman–Crippen MR) is 361 cm³/mol. The smallest absolute Gasteiger partial charge is 0.0618 e. The van der Waals surface area contributed by atoms with Gasteiger partial charge in [0.15, 0.2) is 0 Å². The van der Waals surface area contributed by atoms with Crippen LogP contribution in [0.5, 0.6) is 0 Å². The monoisotopic (exact) mass is 1090 g/mol. The zero-order valence-electron chi connectivity index (χ0n) is 50.4. The Bertz CT molecular complexity index is 4300. The van der Waals surface area contributed by atoms with E-state index in [9.17, 15) is 0 Å². The molecule has 0 heterocycles. The Morgan fingerprint density at radius 2 is 0.667 bits per heavy atom. The molecule has 0 N–H and O–H groups in total. The molecule has 0 saturated heterocycles. The maximum atomic E-state index is 2.46. The number of fused-ring (bicyclic) bond motifs is 10. The maximum absolute atomic E-state index is 2.46. The first kappa shape index (κ1) is 53.3. The Morgan fingerprint density at radius 1 is 0.321 bits per heavy atom. The van der Waals surface area contributed by atoms with Crippen molar-refractivity contribution in [2.45, 2.75) is 117 Å². The van der Waals surface area contributed by atoms with E-state index in [4.69, 9.17) is 0 Å². The number of hydrogen-bond donors (Lipinski definition) is 0. The maximum Gasteiger partial charge on any atom is 0.0618 e. The van der Waals surface area contributed by atoms with Gasteiger partial charge in [-0.3, -0.25) is 0 Å². The molecule has 2 bridgehead atoms. The van der Waals surface area contributed by atoms with E-state index in [1.165, 1.54) is 154 Å². The zero-order chi connectivity index (χ0) is 57.6. The largest absolute Gasteiger partial charge is 0.309 e. The average Bonchev–Trinajstić information content (AvgIpc) is 1.41. The summed E-state index contributed by atoms with van der Waals surface area (Å²) < 4.78 is 0. The van der Waals surface area contributed by atoms with Gasteiger partial charge in [0, 0.05) is 44.3 Å².